The van der Waals surface area contributed by atoms with E-state index in [1.165, 1.54) is 18.3 Å². The van der Waals surface area contributed by atoms with Crippen LogP contribution < -0.4 is 14.9 Å². The number of ether oxygens (including phenoxy) is 2. The van der Waals surface area contributed by atoms with Crippen LogP contribution in [-0.2, 0) is 11.4 Å². The lowest BCUT2D eigenvalue weighted by Crippen LogP contribution is -2.25. The van der Waals surface area contributed by atoms with Crippen LogP contribution in [0.3, 0.4) is 0 Å². The Bertz CT molecular complexity index is 1170. The average Bonchev–Trinajstić information content (AvgIpc) is 2.84. The molecule has 2 N–H and O–H groups in total. The minimum atomic E-state index is -1.33. The number of hydrogen-bond donors (Lipinski definition) is 2. The standard InChI is InChI=1S/C24H22BrN3O6/c1-2-33-21-13-17(14-26-27-24(30)22(29)18-6-4-3-5-7-18)12-20(25)23(21)34-15-16-8-10-19(11-9-16)28(31)32/h3-14,22,29H,2,15H2,1H3,(H,27,30)/b26-14+. The number of carbonyl (C=O) groups is 1. The number of carbonyl (C=O) groups excluding carboxylic acids is 1. The average molecular weight is 528 g/mol. The van der Waals surface area contributed by atoms with Gasteiger partial charge < -0.3 is 14.6 Å². The molecule has 9 nitrogen and oxygen atoms in total. The van der Waals surface area contributed by atoms with E-state index in [2.05, 4.69) is 26.5 Å². The van der Waals surface area contributed by atoms with Crippen molar-refractivity contribution in [1.29, 1.82) is 0 Å². The van der Waals surface area contributed by atoms with Gasteiger partial charge >= 0.3 is 0 Å². The number of halogens is 1. The number of nitrogens with one attached hydrogen (secondary N) is 1. The molecule has 3 rings (SSSR count). The fourth-order valence-electron chi connectivity index (χ4n) is 2.95. The third-order valence-corrected chi connectivity index (χ3v) is 5.20. The fraction of sp³-hybridized carbons (Fsp3) is 0.167. The summed E-state index contributed by atoms with van der Waals surface area (Å²) in [5.74, 6) is 0.256. The van der Waals surface area contributed by atoms with Crippen molar-refractivity contribution < 1.29 is 24.3 Å². The second-order valence-electron chi connectivity index (χ2n) is 7.02. The van der Waals surface area contributed by atoms with E-state index in [1.54, 1.807) is 54.6 Å². The number of benzene rings is 3. The Morgan fingerprint density at radius 1 is 1.18 bits per heavy atom. The predicted octanol–water partition coefficient (Wildman–Crippen LogP) is 4.52. The number of aliphatic hydroxyl groups excluding tert-OH is 1. The van der Waals surface area contributed by atoms with Crippen molar-refractivity contribution in [2.45, 2.75) is 19.6 Å². The molecule has 0 aromatic heterocycles. The molecular formula is C24H22BrN3O6. The Labute approximate surface area is 204 Å². The summed E-state index contributed by atoms with van der Waals surface area (Å²) in [7, 11) is 0. The zero-order valence-corrected chi connectivity index (χ0v) is 19.8. The molecule has 3 aromatic carbocycles. The van der Waals surface area contributed by atoms with E-state index in [4.69, 9.17) is 9.47 Å². The monoisotopic (exact) mass is 527 g/mol. The van der Waals surface area contributed by atoms with E-state index in [-0.39, 0.29) is 12.3 Å². The van der Waals surface area contributed by atoms with Crippen molar-refractivity contribution >= 4 is 33.7 Å². The van der Waals surface area contributed by atoms with Crippen molar-refractivity contribution in [2.75, 3.05) is 6.61 Å². The van der Waals surface area contributed by atoms with Gasteiger partial charge in [-0.3, -0.25) is 14.9 Å². The number of amides is 1. The number of rotatable bonds is 10. The summed E-state index contributed by atoms with van der Waals surface area (Å²) < 4.78 is 12.2. The third-order valence-electron chi connectivity index (χ3n) is 4.61. The van der Waals surface area contributed by atoms with Crippen LogP contribution in [0.5, 0.6) is 11.5 Å². The Hall–Kier alpha value is -3.76. The summed E-state index contributed by atoms with van der Waals surface area (Å²) in [4.78, 5) is 22.5. The maximum atomic E-state index is 12.1. The number of hydrazone groups is 1. The molecule has 0 aliphatic rings. The van der Waals surface area contributed by atoms with Gasteiger partial charge in [0.15, 0.2) is 17.6 Å². The first kappa shape index (κ1) is 24.9. The number of hydrogen-bond acceptors (Lipinski definition) is 7. The Kier molecular flexibility index (Phi) is 8.72. The molecule has 1 amide bonds. The first-order valence-corrected chi connectivity index (χ1v) is 11.1. The van der Waals surface area contributed by atoms with Crippen LogP contribution in [-0.4, -0.2) is 28.8 Å². The molecule has 0 radical (unpaired) electrons. The van der Waals surface area contributed by atoms with Gasteiger partial charge in [0.25, 0.3) is 11.6 Å². The van der Waals surface area contributed by atoms with Crippen molar-refractivity contribution in [1.82, 2.24) is 5.43 Å². The van der Waals surface area contributed by atoms with Gasteiger partial charge in [0.1, 0.15) is 6.61 Å². The van der Waals surface area contributed by atoms with E-state index in [0.717, 1.165) is 5.56 Å². The van der Waals surface area contributed by atoms with E-state index < -0.39 is 16.9 Å². The normalized spacial score (nSPS) is 11.7. The van der Waals surface area contributed by atoms with Gasteiger partial charge in [-0.05, 0) is 63.8 Å². The molecule has 0 bridgehead atoms. The molecule has 0 aliphatic carbocycles. The van der Waals surface area contributed by atoms with E-state index in [1.807, 2.05) is 6.92 Å². The maximum absolute atomic E-state index is 12.1. The Morgan fingerprint density at radius 2 is 1.88 bits per heavy atom. The van der Waals surface area contributed by atoms with E-state index >= 15 is 0 Å². The van der Waals surface area contributed by atoms with Crippen LogP contribution in [0.25, 0.3) is 0 Å². The van der Waals surface area contributed by atoms with Crippen molar-refractivity contribution in [3.63, 3.8) is 0 Å². The number of non-ortho nitro benzene ring substituents is 1. The van der Waals surface area contributed by atoms with Gasteiger partial charge in [-0.25, -0.2) is 5.43 Å². The van der Waals surface area contributed by atoms with Gasteiger partial charge in [0, 0.05) is 12.1 Å². The summed E-state index contributed by atoms with van der Waals surface area (Å²) in [5, 5.41) is 24.8. The molecule has 0 spiro atoms. The second-order valence-corrected chi connectivity index (χ2v) is 7.88. The lowest BCUT2D eigenvalue weighted by molar-refractivity contribution is -0.384. The molecule has 3 aromatic rings. The summed E-state index contributed by atoms with van der Waals surface area (Å²) in [6.07, 6.45) is 0.0856. The molecule has 176 valence electrons. The number of aliphatic hydroxyl groups is 1. The topological polar surface area (TPSA) is 123 Å². The highest BCUT2D eigenvalue weighted by Crippen LogP contribution is 2.37. The smallest absolute Gasteiger partial charge is 0.273 e. The minimum Gasteiger partial charge on any atom is -0.490 e. The molecule has 34 heavy (non-hydrogen) atoms. The molecule has 0 saturated heterocycles. The molecule has 0 saturated carbocycles. The molecule has 0 heterocycles. The summed E-state index contributed by atoms with van der Waals surface area (Å²) >= 11 is 3.46. The van der Waals surface area contributed by atoms with Gasteiger partial charge in [-0.15, -0.1) is 0 Å². The van der Waals surface area contributed by atoms with Crippen molar-refractivity contribution in [3.05, 3.63) is 98.0 Å². The summed E-state index contributed by atoms with van der Waals surface area (Å²) in [5.41, 5.74) is 4.16. The van der Waals surface area contributed by atoms with Crippen molar-refractivity contribution in [3.8, 4) is 11.5 Å². The van der Waals surface area contributed by atoms with Crippen LogP contribution in [0.2, 0.25) is 0 Å². The lowest BCUT2D eigenvalue weighted by atomic mass is 10.1. The number of nitro benzene ring substituents is 1. The molecule has 0 fully saturated rings. The fourth-order valence-corrected chi connectivity index (χ4v) is 3.53. The predicted molar refractivity (Wildman–Crippen MR) is 130 cm³/mol. The Morgan fingerprint density at radius 3 is 2.53 bits per heavy atom. The zero-order valence-electron chi connectivity index (χ0n) is 18.2. The molecule has 1 atom stereocenters. The second kappa shape index (κ2) is 11.9. The highest BCUT2D eigenvalue weighted by atomic mass is 79.9. The third kappa shape index (κ3) is 6.63. The first-order valence-electron chi connectivity index (χ1n) is 10.3. The summed E-state index contributed by atoms with van der Waals surface area (Å²) in [6, 6.07) is 18.1. The maximum Gasteiger partial charge on any atom is 0.273 e. The molecular weight excluding hydrogens is 506 g/mol. The van der Waals surface area contributed by atoms with E-state index in [0.29, 0.717) is 33.7 Å². The molecule has 1 unspecified atom stereocenters. The van der Waals surface area contributed by atoms with Crippen LogP contribution >= 0.6 is 15.9 Å². The number of nitro groups is 1. The first-order chi connectivity index (χ1) is 16.4. The quantitative estimate of drug-likeness (QED) is 0.227. The lowest BCUT2D eigenvalue weighted by Gasteiger charge is -2.14. The van der Waals surface area contributed by atoms with Crippen LogP contribution in [0.15, 0.2) is 76.3 Å². The zero-order chi connectivity index (χ0) is 24.5. The molecule has 10 heteroatoms. The van der Waals surface area contributed by atoms with Gasteiger partial charge in [-0.1, -0.05) is 30.3 Å². The van der Waals surface area contributed by atoms with E-state index in [9.17, 15) is 20.0 Å². The van der Waals surface area contributed by atoms with Crippen LogP contribution in [0.1, 0.15) is 29.7 Å². The van der Waals surface area contributed by atoms with Crippen LogP contribution in [0, 0.1) is 10.1 Å². The van der Waals surface area contributed by atoms with Crippen LogP contribution in [0.4, 0.5) is 5.69 Å². The van der Waals surface area contributed by atoms with Gasteiger partial charge in [0.2, 0.25) is 0 Å². The minimum absolute atomic E-state index is 0.00644. The highest BCUT2D eigenvalue weighted by Gasteiger charge is 2.16. The molecule has 0 aliphatic heterocycles. The van der Waals surface area contributed by atoms with Gasteiger partial charge in [0.05, 0.1) is 22.2 Å². The van der Waals surface area contributed by atoms with Crippen molar-refractivity contribution in [2.24, 2.45) is 5.10 Å². The largest absolute Gasteiger partial charge is 0.490 e. The highest BCUT2D eigenvalue weighted by molar-refractivity contribution is 9.10. The SMILES string of the molecule is CCOc1cc(/C=N/NC(=O)C(O)c2ccccc2)cc(Br)c1OCc1ccc([N+](=O)[O-])cc1. The Balaban J connectivity index is 1.68. The summed E-state index contributed by atoms with van der Waals surface area (Å²) in [6.45, 7) is 2.40. The number of nitrogens with zero attached hydrogens (tertiary/aromatic N) is 2. The van der Waals surface area contributed by atoms with Gasteiger partial charge in [-0.2, -0.15) is 5.10 Å².